The molecule has 1 saturated heterocycles. The molecule has 2 amide bonds. The molecule has 0 spiro atoms. The van der Waals surface area contributed by atoms with Crippen LogP contribution in [-0.2, 0) is 25.5 Å². The number of amides is 2. The van der Waals surface area contributed by atoms with E-state index in [1.165, 1.54) is 12.0 Å². The van der Waals surface area contributed by atoms with Gasteiger partial charge in [-0.05, 0) is 48.4 Å². The zero-order valence-electron chi connectivity index (χ0n) is 19.7. The lowest BCUT2D eigenvalue weighted by atomic mass is 10.0. The summed E-state index contributed by atoms with van der Waals surface area (Å²) >= 11 is 1.71. The van der Waals surface area contributed by atoms with E-state index in [2.05, 4.69) is 11.4 Å². The molecule has 0 radical (unpaired) electrons. The van der Waals surface area contributed by atoms with Crippen LogP contribution in [0, 0.1) is 0 Å². The highest BCUT2D eigenvalue weighted by molar-refractivity contribution is 7.10. The smallest absolute Gasteiger partial charge is 0.249 e. The van der Waals surface area contributed by atoms with Crippen molar-refractivity contribution in [3.05, 3.63) is 46.2 Å². The molecule has 8 nitrogen and oxygen atoms in total. The van der Waals surface area contributed by atoms with E-state index in [9.17, 15) is 9.59 Å². The Hall–Kier alpha value is -2.62. The zero-order valence-corrected chi connectivity index (χ0v) is 20.6. The van der Waals surface area contributed by atoms with Gasteiger partial charge in [0.1, 0.15) is 24.7 Å². The van der Waals surface area contributed by atoms with Crippen molar-refractivity contribution >= 4 is 23.2 Å². The third-order valence-electron chi connectivity index (χ3n) is 6.26. The lowest BCUT2D eigenvalue weighted by Crippen LogP contribution is -2.49. The average molecular weight is 489 g/mol. The number of ether oxygens (including phenoxy) is 4. The SMILES string of the molecule is COCC(=O)N(CC(=O)N1CCc2sccc2[C@H]1COc1cccc(OC)c1)C[C@H]1CCCO1. The normalized spacial score (nSPS) is 19.5. The van der Waals surface area contributed by atoms with Gasteiger partial charge in [-0.3, -0.25) is 9.59 Å². The van der Waals surface area contributed by atoms with Gasteiger partial charge in [-0.1, -0.05) is 6.07 Å². The topological polar surface area (TPSA) is 77.5 Å². The Labute approximate surface area is 204 Å². The van der Waals surface area contributed by atoms with Crippen LogP contribution in [-0.4, -0.2) is 81.4 Å². The lowest BCUT2D eigenvalue weighted by molar-refractivity contribution is -0.145. The van der Waals surface area contributed by atoms with Crippen molar-refractivity contribution in [3.63, 3.8) is 0 Å². The summed E-state index contributed by atoms with van der Waals surface area (Å²) in [5.74, 6) is 1.10. The molecular weight excluding hydrogens is 456 g/mol. The molecule has 9 heteroatoms. The van der Waals surface area contributed by atoms with E-state index in [1.807, 2.05) is 29.2 Å². The van der Waals surface area contributed by atoms with Crippen molar-refractivity contribution in [3.8, 4) is 11.5 Å². The van der Waals surface area contributed by atoms with Gasteiger partial charge in [0, 0.05) is 37.7 Å². The molecule has 2 aliphatic rings. The molecule has 1 aromatic carbocycles. The van der Waals surface area contributed by atoms with Gasteiger partial charge < -0.3 is 28.7 Å². The maximum atomic E-state index is 13.5. The van der Waals surface area contributed by atoms with Gasteiger partial charge >= 0.3 is 0 Å². The average Bonchev–Trinajstić information content (AvgIpc) is 3.54. The minimum atomic E-state index is -0.226. The second-order valence-electron chi connectivity index (χ2n) is 8.48. The van der Waals surface area contributed by atoms with E-state index in [-0.39, 0.29) is 37.1 Å². The summed E-state index contributed by atoms with van der Waals surface area (Å²) in [6, 6.07) is 9.28. The van der Waals surface area contributed by atoms with Crippen molar-refractivity contribution in [1.29, 1.82) is 0 Å². The minimum Gasteiger partial charge on any atom is -0.497 e. The number of rotatable bonds is 10. The Balaban J connectivity index is 1.48. The predicted molar refractivity (Wildman–Crippen MR) is 128 cm³/mol. The molecule has 0 bridgehead atoms. The van der Waals surface area contributed by atoms with Crippen LogP contribution in [0.2, 0.25) is 0 Å². The first-order valence-electron chi connectivity index (χ1n) is 11.6. The molecule has 4 rings (SSSR count). The third kappa shape index (κ3) is 5.89. The van der Waals surface area contributed by atoms with E-state index in [1.54, 1.807) is 23.3 Å². The number of carbonyl (C=O) groups is 2. The number of carbonyl (C=O) groups excluding carboxylic acids is 2. The highest BCUT2D eigenvalue weighted by Crippen LogP contribution is 2.34. The first-order chi connectivity index (χ1) is 16.6. The molecule has 0 aliphatic carbocycles. The highest BCUT2D eigenvalue weighted by Gasteiger charge is 2.34. The fourth-order valence-electron chi connectivity index (χ4n) is 4.50. The Kier molecular flexibility index (Phi) is 8.42. The van der Waals surface area contributed by atoms with Crippen LogP contribution in [0.15, 0.2) is 35.7 Å². The summed E-state index contributed by atoms with van der Waals surface area (Å²) in [5.41, 5.74) is 1.11. The van der Waals surface area contributed by atoms with E-state index >= 15 is 0 Å². The molecule has 2 aromatic rings. The quantitative estimate of drug-likeness (QED) is 0.512. The van der Waals surface area contributed by atoms with Crippen molar-refractivity contribution in [1.82, 2.24) is 9.80 Å². The van der Waals surface area contributed by atoms with Crippen molar-refractivity contribution in [2.75, 3.05) is 53.7 Å². The van der Waals surface area contributed by atoms with Crippen molar-refractivity contribution < 1.29 is 28.5 Å². The standard InChI is InChI=1S/C25H32N2O6S/c1-30-17-25(29)26(14-20-7-4-11-32-20)15-24(28)27-10-8-23-21(9-12-34-23)22(27)16-33-19-6-3-5-18(13-19)31-2/h3,5-6,9,12-13,20,22H,4,7-8,10-11,14-17H2,1-2H3/t20-,22-/m1/s1. The van der Waals surface area contributed by atoms with E-state index in [0.29, 0.717) is 37.8 Å². The second kappa shape index (κ2) is 11.7. The summed E-state index contributed by atoms with van der Waals surface area (Å²) in [7, 11) is 3.10. The van der Waals surface area contributed by atoms with E-state index < -0.39 is 0 Å². The van der Waals surface area contributed by atoms with Gasteiger partial charge in [0.2, 0.25) is 11.8 Å². The van der Waals surface area contributed by atoms with E-state index in [0.717, 1.165) is 24.8 Å². The fourth-order valence-corrected chi connectivity index (χ4v) is 5.43. The van der Waals surface area contributed by atoms with Crippen molar-refractivity contribution in [2.45, 2.75) is 31.4 Å². The summed E-state index contributed by atoms with van der Waals surface area (Å²) < 4.78 is 22.2. The first kappa shape index (κ1) is 24.5. The Morgan fingerprint density at radius 1 is 1.24 bits per heavy atom. The molecule has 184 valence electrons. The van der Waals surface area contributed by atoms with Gasteiger partial charge in [-0.2, -0.15) is 0 Å². The molecule has 2 aliphatic heterocycles. The number of fused-ring (bicyclic) bond motifs is 1. The summed E-state index contributed by atoms with van der Waals surface area (Å²) in [5, 5.41) is 2.06. The number of hydrogen-bond donors (Lipinski definition) is 0. The molecule has 3 heterocycles. The van der Waals surface area contributed by atoms with Gasteiger partial charge in [-0.25, -0.2) is 0 Å². The Morgan fingerprint density at radius 3 is 2.85 bits per heavy atom. The maximum Gasteiger partial charge on any atom is 0.249 e. The largest absolute Gasteiger partial charge is 0.497 e. The van der Waals surface area contributed by atoms with Crippen LogP contribution in [0.3, 0.4) is 0 Å². The van der Waals surface area contributed by atoms with Crippen LogP contribution in [0.5, 0.6) is 11.5 Å². The molecule has 0 N–H and O–H groups in total. The number of methoxy groups -OCH3 is 2. The maximum absolute atomic E-state index is 13.5. The van der Waals surface area contributed by atoms with Gasteiger partial charge in [0.05, 0.1) is 25.8 Å². The zero-order chi connectivity index (χ0) is 23.9. The molecule has 0 saturated carbocycles. The number of hydrogen-bond acceptors (Lipinski definition) is 7. The van der Waals surface area contributed by atoms with Crippen LogP contribution in [0.1, 0.15) is 29.3 Å². The summed E-state index contributed by atoms with van der Waals surface area (Å²) in [6.07, 6.45) is 2.63. The molecule has 1 aromatic heterocycles. The van der Waals surface area contributed by atoms with Gasteiger partial charge in [0.15, 0.2) is 0 Å². The van der Waals surface area contributed by atoms with Crippen molar-refractivity contribution in [2.24, 2.45) is 0 Å². The first-order valence-corrected chi connectivity index (χ1v) is 12.5. The number of nitrogens with zero attached hydrogens (tertiary/aromatic N) is 2. The van der Waals surface area contributed by atoms with Gasteiger partial charge in [-0.15, -0.1) is 11.3 Å². The summed E-state index contributed by atoms with van der Waals surface area (Å²) in [6.45, 7) is 1.94. The molecule has 1 fully saturated rings. The molecule has 0 unspecified atom stereocenters. The Bertz CT molecular complexity index is 974. The van der Waals surface area contributed by atoms with E-state index in [4.69, 9.17) is 18.9 Å². The Morgan fingerprint density at radius 2 is 2.09 bits per heavy atom. The minimum absolute atomic E-state index is 0.00279. The molecule has 2 atom stereocenters. The number of thiophene rings is 1. The summed E-state index contributed by atoms with van der Waals surface area (Å²) in [4.78, 5) is 30.9. The van der Waals surface area contributed by atoms with Gasteiger partial charge in [0.25, 0.3) is 0 Å². The predicted octanol–water partition coefficient (Wildman–Crippen LogP) is 2.92. The van der Waals surface area contributed by atoms with Crippen LogP contribution < -0.4 is 9.47 Å². The second-order valence-corrected chi connectivity index (χ2v) is 9.49. The lowest BCUT2D eigenvalue weighted by Gasteiger charge is -2.37. The number of benzene rings is 1. The fraction of sp³-hybridized carbons (Fsp3) is 0.520. The molecular formula is C25H32N2O6S. The third-order valence-corrected chi connectivity index (χ3v) is 7.26. The van der Waals surface area contributed by atoms with Crippen LogP contribution in [0.4, 0.5) is 0 Å². The van der Waals surface area contributed by atoms with Crippen LogP contribution >= 0.6 is 11.3 Å². The van der Waals surface area contributed by atoms with Crippen LogP contribution in [0.25, 0.3) is 0 Å². The monoisotopic (exact) mass is 488 g/mol. The molecule has 34 heavy (non-hydrogen) atoms. The highest BCUT2D eigenvalue weighted by atomic mass is 32.1.